The number of aromatic nitrogens is 4. The normalized spacial score (nSPS) is 10.5. The first-order chi connectivity index (χ1) is 13.5. The Morgan fingerprint density at radius 3 is 2.25 bits per heavy atom. The van der Waals surface area contributed by atoms with Crippen molar-refractivity contribution in [3.63, 3.8) is 0 Å². The van der Waals surface area contributed by atoms with E-state index in [9.17, 15) is 0 Å². The van der Waals surface area contributed by atoms with Crippen LogP contribution in [0.1, 0.15) is 11.3 Å². The largest absolute Gasteiger partial charge is 0.493 e. The lowest BCUT2D eigenvalue weighted by Gasteiger charge is -2.18. The number of nitrogens with one attached hydrogen (secondary N) is 2. The Bertz CT molecular complexity index is 947. The van der Waals surface area contributed by atoms with Crippen molar-refractivity contribution in [1.82, 2.24) is 20.2 Å². The van der Waals surface area contributed by atoms with Crippen LogP contribution in [0, 0.1) is 13.8 Å². The van der Waals surface area contributed by atoms with Crippen molar-refractivity contribution in [3.05, 3.63) is 35.7 Å². The van der Waals surface area contributed by atoms with E-state index < -0.39 is 0 Å². The summed E-state index contributed by atoms with van der Waals surface area (Å²) in [5.41, 5.74) is 2.73. The molecule has 28 heavy (non-hydrogen) atoms. The van der Waals surface area contributed by atoms with Crippen molar-refractivity contribution in [2.24, 2.45) is 0 Å². The highest BCUT2D eigenvalue weighted by molar-refractivity contribution is 5.67. The number of rotatable bonds is 7. The summed E-state index contributed by atoms with van der Waals surface area (Å²) in [6, 6.07) is 5.42. The van der Waals surface area contributed by atoms with Gasteiger partial charge in [-0.3, -0.25) is 5.10 Å². The minimum absolute atomic E-state index is 0.438. The van der Waals surface area contributed by atoms with E-state index in [0.29, 0.717) is 28.9 Å². The molecule has 0 atom stereocenters. The van der Waals surface area contributed by atoms with Gasteiger partial charge in [0, 0.05) is 36.6 Å². The van der Waals surface area contributed by atoms with Gasteiger partial charge in [0.1, 0.15) is 11.6 Å². The number of anilines is 4. The summed E-state index contributed by atoms with van der Waals surface area (Å²) in [4.78, 5) is 10.8. The van der Waals surface area contributed by atoms with Gasteiger partial charge in [-0.2, -0.15) is 10.1 Å². The summed E-state index contributed by atoms with van der Waals surface area (Å²) in [7, 11) is 6.63. The molecule has 3 rings (SSSR count). The third-order valence-electron chi connectivity index (χ3n) is 4.47. The molecule has 148 valence electrons. The standard InChI is InChI=1S/C19H24N6O3/c1-11-12(2)23-24-18(11)25(3)16-7-8-20-19(22-16)21-13-9-14(26-4)17(28-6)15(10-13)27-5/h7-10H,1-6H3,(H,23,24)(H,20,21,22). The lowest BCUT2D eigenvalue weighted by molar-refractivity contribution is 0.324. The number of ether oxygens (including phenoxy) is 3. The number of methoxy groups -OCH3 is 3. The van der Waals surface area contributed by atoms with Gasteiger partial charge in [-0.15, -0.1) is 0 Å². The van der Waals surface area contributed by atoms with Crippen LogP contribution < -0.4 is 24.4 Å². The molecule has 2 N–H and O–H groups in total. The number of hydrogen-bond donors (Lipinski definition) is 2. The smallest absolute Gasteiger partial charge is 0.229 e. The maximum atomic E-state index is 5.39. The number of aromatic amines is 1. The van der Waals surface area contributed by atoms with Crippen LogP contribution >= 0.6 is 0 Å². The number of benzene rings is 1. The van der Waals surface area contributed by atoms with E-state index >= 15 is 0 Å². The van der Waals surface area contributed by atoms with Gasteiger partial charge in [-0.1, -0.05) is 0 Å². The first kappa shape index (κ1) is 19.3. The quantitative estimate of drug-likeness (QED) is 0.640. The number of H-pyrrole nitrogens is 1. The fourth-order valence-electron chi connectivity index (χ4n) is 2.80. The Labute approximate surface area is 163 Å². The number of aryl methyl sites for hydroxylation is 1. The van der Waals surface area contributed by atoms with Crippen LogP contribution in [-0.4, -0.2) is 48.5 Å². The molecule has 1 aromatic carbocycles. The monoisotopic (exact) mass is 384 g/mol. The van der Waals surface area contributed by atoms with E-state index in [4.69, 9.17) is 14.2 Å². The van der Waals surface area contributed by atoms with E-state index in [2.05, 4.69) is 25.5 Å². The fourth-order valence-corrected chi connectivity index (χ4v) is 2.80. The molecule has 0 bridgehead atoms. The number of nitrogens with zero attached hydrogens (tertiary/aromatic N) is 4. The zero-order valence-corrected chi connectivity index (χ0v) is 16.8. The zero-order chi connectivity index (χ0) is 20.3. The van der Waals surface area contributed by atoms with Crippen LogP contribution in [0.3, 0.4) is 0 Å². The van der Waals surface area contributed by atoms with E-state index in [0.717, 1.165) is 22.9 Å². The lowest BCUT2D eigenvalue weighted by atomic mass is 10.2. The highest BCUT2D eigenvalue weighted by Gasteiger charge is 2.16. The molecular weight excluding hydrogens is 360 g/mol. The minimum Gasteiger partial charge on any atom is -0.493 e. The minimum atomic E-state index is 0.438. The molecule has 9 nitrogen and oxygen atoms in total. The maximum Gasteiger partial charge on any atom is 0.229 e. The molecule has 0 radical (unpaired) electrons. The second-order valence-corrected chi connectivity index (χ2v) is 6.12. The molecule has 0 spiro atoms. The molecule has 2 aromatic heterocycles. The third kappa shape index (κ3) is 3.64. The predicted molar refractivity (Wildman–Crippen MR) is 108 cm³/mol. The molecule has 0 saturated heterocycles. The summed E-state index contributed by atoms with van der Waals surface area (Å²) in [5.74, 6) is 3.65. The van der Waals surface area contributed by atoms with Gasteiger partial charge >= 0.3 is 0 Å². The van der Waals surface area contributed by atoms with Crippen LogP contribution in [0.5, 0.6) is 17.2 Å². The Balaban J connectivity index is 1.90. The van der Waals surface area contributed by atoms with E-state index in [1.807, 2.05) is 31.9 Å². The summed E-state index contributed by atoms with van der Waals surface area (Å²) in [5, 5.41) is 10.5. The SMILES string of the molecule is COc1cc(Nc2nccc(N(C)c3[nH]nc(C)c3C)n2)cc(OC)c1OC. The first-order valence-corrected chi connectivity index (χ1v) is 8.63. The van der Waals surface area contributed by atoms with Crippen molar-refractivity contribution >= 4 is 23.3 Å². The summed E-state index contributed by atoms with van der Waals surface area (Å²) < 4.78 is 16.1. The molecule has 0 aliphatic carbocycles. The molecule has 3 aromatic rings. The van der Waals surface area contributed by atoms with Gasteiger partial charge in [0.05, 0.1) is 27.0 Å². The van der Waals surface area contributed by atoms with E-state index in [1.165, 1.54) is 0 Å². The van der Waals surface area contributed by atoms with Gasteiger partial charge in [-0.05, 0) is 19.9 Å². The van der Waals surface area contributed by atoms with Crippen LogP contribution in [0.15, 0.2) is 24.4 Å². The Morgan fingerprint density at radius 2 is 1.71 bits per heavy atom. The van der Waals surface area contributed by atoms with Crippen molar-refractivity contribution in [2.45, 2.75) is 13.8 Å². The van der Waals surface area contributed by atoms with Crippen LogP contribution in [0.4, 0.5) is 23.3 Å². The third-order valence-corrected chi connectivity index (χ3v) is 4.47. The van der Waals surface area contributed by atoms with Crippen molar-refractivity contribution < 1.29 is 14.2 Å². The average molecular weight is 384 g/mol. The Kier molecular flexibility index (Phi) is 5.53. The summed E-state index contributed by atoms with van der Waals surface area (Å²) >= 11 is 0. The molecule has 0 unspecified atom stereocenters. The number of hydrogen-bond acceptors (Lipinski definition) is 8. The molecule has 0 aliphatic heterocycles. The fraction of sp³-hybridized carbons (Fsp3) is 0.316. The van der Waals surface area contributed by atoms with Crippen molar-refractivity contribution in [3.8, 4) is 17.2 Å². The highest BCUT2D eigenvalue weighted by atomic mass is 16.5. The summed E-state index contributed by atoms with van der Waals surface area (Å²) in [6.07, 6.45) is 1.69. The van der Waals surface area contributed by atoms with E-state index in [-0.39, 0.29) is 0 Å². The predicted octanol–water partition coefficient (Wildman–Crippen LogP) is 3.35. The molecular formula is C19H24N6O3. The van der Waals surface area contributed by atoms with E-state index in [1.54, 1.807) is 39.7 Å². The van der Waals surface area contributed by atoms with Gasteiger partial charge < -0.3 is 24.4 Å². The van der Waals surface area contributed by atoms with Crippen molar-refractivity contribution in [2.75, 3.05) is 38.6 Å². The van der Waals surface area contributed by atoms with Gasteiger partial charge in [0.2, 0.25) is 11.7 Å². The first-order valence-electron chi connectivity index (χ1n) is 8.63. The zero-order valence-electron chi connectivity index (χ0n) is 16.8. The Morgan fingerprint density at radius 1 is 1.04 bits per heavy atom. The maximum absolute atomic E-state index is 5.39. The van der Waals surface area contributed by atoms with Crippen molar-refractivity contribution in [1.29, 1.82) is 0 Å². The molecule has 9 heteroatoms. The van der Waals surface area contributed by atoms with Gasteiger partial charge in [-0.25, -0.2) is 4.98 Å². The summed E-state index contributed by atoms with van der Waals surface area (Å²) in [6.45, 7) is 3.97. The van der Waals surface area contributed by atoms with Crippen LogP contribution in [-0.2, 0) is 0 Å². The molecule has 0 fully saturated rings. The second kappa shape index (κ2) is 8.03. The van der Waals surface area contributed by atoms with Crippen LogP contribution in [0.25, 0.3) is 0 Å². The molecule has 0 amide bonds. The average Bonchev–Trinajstić information content (AvgIpc) is 3.05. The lowest BCUT2D eigenvalue weighted by Crippen LogP contribution is -2.14. The van der Waals surface area contributed by atoms with Crippen LogP contribution in [0.2, 0.25) is 0 Å². The van der Waals surface area contributed by atoms with Gasteiger partial charge in [0.15, 0.2) is 11.5 Å². The molecule has 0 aliphatic rings. The second-order valence-electron chi connectivity index (χ2n) is 6.12. The molecule has 0 saturated carbocycles. The topological polar surface area (TPSA) is 97.4 Å². The highest BCUT2D eigenvalue weighted by Crippen LogP contribution is 2.40. The molecule has 2 heterocycles. The Hall–Kier alpha value is -3.49. The van der Waals surface area contributed by atoms with Gasteiger partial charge in [0.25, 0.3) is 0 Å².